The first-order chi connectivity index (χ1) is 12.2. The highest BCUT2D eigenvalue weighted by Crippen LogP contribution is 2.31. The van der Waals surface area contributed by atoms with Crippen molar-refractivity contribution in [2.75, 3.05) is 24.5 Å². The summed E-state index contributed by atoms with van der Waals surface area (Å²) in [6, 6.07) is 9.53. The number of amides is 2. The zero-order valence-electron chi connectivity index (χ0n) is 14.4. The molecule has 1 aromatic carbocycles. The van der Waals surface area contributed by atoms with Crippen molar-refractivity contribution in [1.29, 1.82) is 0 Å². The number of nitrogens with two attached hydrogens (primary N) is 1. The summed E-state index contributed by atoms with van der Waals surface area (Å²) in [4.78, 5) is 28.7. The van der Waals surface area contributed by atoms with Crippen LogP contribution >= 0.6 is 12.4 Å². The van der Waals surface area contributed by atoms with Crippen LogP contribution in [0, 0.1) is 5.92 Å². The van der Waals surface area contributed by atoms with Gasteiger partial charge in [0.2, 0.25) is 5.91 Å². The van der Waals surface area contributed by atoms with Crippen LogP contribution in [0.5, 0.6) is 0 Å². The molecule has 1 atom stereocenters. The highest BCUT2D eigenvalue weighted by Gasteiger charge is 2.32. The molecule has 6 nitrogen and oxygen atoms in total. The number of furan rings is 1. The number of hydrogen-bond donors (Lipinski definition) is 1. The molecule has 1 fully saturated rings. The molecule has 2 aliphatic rings. The van der Waals surface area contributed by atoms with E-state index in [0.717, 1.165) is 23.2 Å². The fraction of sp³-hybridized carbons (Fsp3) is 0.368. The number of fused-ring (bicyclic) bond motifs is 1. The molecule has 2 aliphatic heterocycles. The number of anilines is 1. The second-order valence-electron chi connectivity index (χ2n) is 6.70. The molecule has 2 N–H and O–H groups in total. The number of halogens is 1. The number of para-hydroxylation sites is 1. The number of likely N-dealkylation sites (tertiary alicyclic amines) is 1. The van der Waals surface area contributed by atoms with Gasteiger partial charge in [-0.25, -0.2) is 0 Å². The normalized spacial score (nSPS) is 18.8. The number of carbonyl (C=O) groups is 2. The highest BCUT2D eigenvalue weighted by atomic mass is 35.5. The van der Waals surface area contributed by atoms with Gasteiger partial charge in [-0.3, -0.25) is 9.59 Å². The Balaban J connectivity index is 0.00000196. The Morgan fingerprint density at radius 3 is 2.85 bits per heavy atom. The smallest absolute Gasteiger partial charge is 0.289 e. The summed E-state index contributed by atoms with van der Waals surface area (Å²) >= 11 is 0. The Labute approximate surface area is 158 Å². The predicted molar refractivity (Wildman–Crippen MR) is 100 cm³/mol. The van der Waals surface area contributed by atoms with Crippen LogP contribution in [0.1, 0.15) is 28.1 Å². The van der Waals surface area contributed by atoms with E-state index in [1.54, 1.807) is 15.9 Å². The molecular weight excluding hydrogens is 354 g/mol. The van der Waals surface area contributed by atoms with Crippen LogP contribution in [0.25, 0.3) is 0 Å². The second kappa shape index (κ2) is 7.51. The van der Waals surface area contributed by atoms with Gasteiger partial charge in [0.1, 0.15) is 0 Å². The third-order valence-corrected chi connectivity index (χ3v) is 5.10. The maximum Gasteiger partial charge on any atom is 0.289 e. The maximum atomic E-state index is 12.8. The lowest BCUT2D eigenvalue weighted by Gasteiger charge is -2.19. The van der Waals surface area contributed by atoms with Gasteiger partial charge >= 0.3 is 0 Å². The molecule has 0 bridgehead atoms. The zero-order valence-corrected chi connectivity index (χ0v) is 15.2. The van der Waals surface area contributed by atoms with Crippen molar-refractivity contribution in [3.8, 4) is 0 Å². The minimum Gasteiger partial charge on any atom is -0.459 e. The monoisotopic (exact) mass is 375 g/mol. The SMILES string of the molecule is Cl.NCC1CCN(C(=O)c2occc2CN2C(=O)Cc3ccccc32)C1. The molecule has 1 unspecified atom stereocenters. The fourth-order valence-electron chi connectivity index (χ4n) is 3.66. The van der Waals surface area contributed by atoms with Crippen LogP contribution in [-0.4, -0.2) is 36.3 Å². The third-order valence-electron chi connectivity index (χ3n) is 5.10. The average molecular weight is 376 g/mol. The van der Waals surface area contributed by atoms with E-state index in [9.17, 15) is 9.59 Å². The van der Waals surface area contributed by atoms with Crippen molar-refractivity contribution in [3.63, 3.8) is 0 Å². The summed E-state index contributed by atoms with van der Waals surface area (Å²) in [6.07, 6.45) is 2.85. The maximum absolute atomic E-state index is 12.8. The molecule has 2 aromatic rings. The van der Waals surface area contributed by atoms with Crippen molar-refractivity contribution in [3.05, 3.63) is 53.5 Å². The largest absolute Gasteiger partial charge is 0.459 e. The molecule has 138 valence electrons. The zero-order chi connectivity index (χ0) is 17.4. The Morgan fingerprint density at radius 1 is 1.27 bits per heavy atom. The van der Waals surface area contributed by atoms with Crippen LogP contribution in [0.3, 0.4) is 0 Å². The van der Waals surface area contributed by atoms with Crippen molar-refractivity contribution in [2.24, 2.45) is 11.7 Å². The lowest BCUT2D eigenvalue weighted by atomic mass is 10.1. The van der Waals surface area contributed by atoms with E-state index in [0.29, 0.717) is 44.3 Å². The van der Waals surface area contributed by atoms with E-state index in [1.165, 1.54) is 6.26 Å². The summed E-state index contributed by atoms with van der Waals surface area (Å²) in [5.74, 6) is 0.616. The number of carbonyl (C=O) groups excluding carboxylic acids is 2. The van der Waals surface area contributed by atoms with E-state index < -0.39 is 0 Å². The van der Waals surface area contributed by atoms with Crippen LogP contribution < -0.4 is 10.6 Å². The molecule has 1 saturated heterocycles. The molecule has 26 heavy (non-hydrogen) atoms. The summed E-state index contributed by atoms with van der Waals surface area (Å²) in [7, 11) is 0. The van der Waals surface area contributed by atoms with Gasteiger partial charge in [-0.15, -0.1) is 12.4 Å². The Kier molecular flexibility index (Phi) is 5.34. The first kappa shape index (κ1) is 18.5. The first-order valence-corrected chi connectivity index (χ1v) is 8.61. The molecule has 0 aliphatic carbocycles. The molecule has 0 radical (unpaired) electrons. The van der Waals surface area contributed by atoms with Crippen LogP contribution in [0.15, 0.2) is 41.0 Å². The van der Waals surface area contributed by atoms with Gasteiger partial charge in [0.25, 0.3) is 5.91 Å². The van der Waals surface area contributed by atoms with Gasteiger partial charge in [-0.2, -0.15) is 0 Å². The second-order valence-corrected chi connectivity index (χ2v) is 6.70. The summed E-state index contributed by atoms with van der Waals surface area (Å²) in [5, 5.41) is 0. The predicted octanol–water partition coefficient (Wildman–Crippen LogP) is 2.21. The first-order valence-electron chi connectivity index (χ1n) is 8.61. The number of benzene rings is 1. The topological polar surface area (TPSA) is 79.8 Å². The number of rotatable bonds is 4. The molecule has 3 heterocycles. The highest BCUT2D eigenvalue weighted by molar-refractivity contribution is 6.01. The number of hydrogen-bond acceptors (Lipinski definition) is 4. The van der Waals surface area contributed by atoms with E-state index in [2.05, 4.69) is 0 Å². The van der Waals surface area contributed by atoms with E-state index in [-0.39, 0.29) is 24.2 Å². The Hall–Kier alpha value is -2.31. The van der Waals surface area contributed by atoms with Gasteiger partial charge in [-0.05, 0) is 36.6 Å². The molecule has 2 amide bonds. The van der Waals surface area contributed by atoms with Gasteiger partial charge in [-0.1, -0.05) is 18.2 Å². The minimum absolute atomic E-state index is 0. The van der Waals surface area contributed by atoms with Gasteiger partial charge in [0, 0.05) is 24.3 Å². The molecule has 4 rings (SSSR count). The Bertz CT molecular complexity index is 820. The van der Waals surface area contributed by atoms with Gasteiger partial charge in [0.05, 0.1) is 19.2 Å². The van der Waals surface area contributed by atoms with Crippen molar-refractivity contribution in [2.45, 2.75) is 19.4 Å². The van der Waals surface area contributed by atoms with Gasteiger partial charge in [0.15, 0.2) is 5.76 Å². The van der Waals surface area contributed by atoms with Crippen LogP contribution in [0.2, 0.25) is 0 Å². The van der Waals surface area contributed by atoms with Crippen LogP contribution in [-0.2, 0) is 17.8 Å². The minimum atomic E-state index is -0.115. The third kappa shape index (κ3) is 3.22. The van der Waals surface area contributed by atoms with E-state index in [1.807, 2.05) is 24.3 Å². The van der Waals surface area contributed by atoms with Crippen LogP contribution in [0.4, 0.5) is 5.69 Å². The molecule has 0 spiro atoms. The number of nitrogens with zero attached hydrogens (tertiary/aromatic N) is 2. The van der Waals surface area contributed by atoms with Gasteiger partial charge < -0.3 is 20.0 Å². The summed E-state index contributed by atoms with van der Waals surface area (Å²) in [6.45, 7) is 2.31. The van der Waals surface area contributed by atoms with Crippen molar-refractivity contribution in [1.82, 2.24) is 4.90 Å². The quantitative estimate of drug-likeness (QED) is 0.888. The van der Waals surface area contributed by atoms with Crippen molar-refractivity contribution < 1.29 is 14.0 Å². The molecular formula is C19H22ClN3O3. The molecule has 0 saturated carbocycles. The standard InChI is InChI=1S/C19H21N3O3.ClH/c20-10-13-5-7-21(11-13)19(24)18-15(6-8-25-18)12-22-16-4-2-1-3-14(16)9-17(22)23;/h1-4,6,8,13H,5,7,9-12,20H2;1H. The lowest BCUT2D eigenvalue weighted by Crippen LogP contribution is -2.31. The Morgan fingerprint density at radius 2 is 2.08 bits per heavy atom. The average Bonchev–Trinajstić information content (AvgIpc) is 3.34. The van der Waals surface area contributed by atoms with E-state index in [4.69, 9.17) is 10.2 Å². The lowest BCUT2D eigenvalue weighted by molar-refractivity contribution is -0.117. The van der Waals surface area contributed by atoms with E-state index >= 15 is 0 Å². The molecule has 1 aromatic heterocycles. The fourth-order valence-corrected chi connectivity index (χ4v) is 3.66. The summed E-state index contributed by atoms with van der Waals surface area (Å²) < 4.78 is 5.48. The summed E-state index contributed by atoms with van der Waals surface area (Å²) in [5.41, 5.74) is 8.39. The van der Waals surface area contributed by atoms with Crippen molar-refractivity contribution >= 4 is 29.9 Å². The molecule has 7 heteroatoms.